The van der Waals surface area contributed by atoms with E-state index in [4.69, 9.17) is 0 Å². The van der Waals surface area contributed by atoms with Crippen LogP contribution >= 0.6 is 0 Å². The third-order valence-corrected chi connectivity index (χ3v) is 10.5. The molecular formula is C32H48N4O6. The average molecular weight is 585 g/mol. The zero-order valence-corrected chi connectivity index (χ0v) is 25.5. The fraction of sp³-hybridized carbons (Fsp3) is 0.750. The number of hydrogen-bond acceptors (Lipinski definition) is 5. The smallest absolute Gasteiger partial charge is 0.407 e. The molecule has 4 fully saturated rings. The van der Waals surface area contributed by atoms with Gasteiger partial charge in [-0.15, -0.1) is 0 Å². The predicted octanol–water partition coefficient (Wildman–Crippen LogP) is 3.76. The number of rotatable bonds is 7. The van der Waals surface area contributed by atoms with Gasteiger partial charge in [0.25, 0.3) is 11.5 Å². The second kappa shape index (κ2) is 12.0. The van der Waals surface area contributed by atoms with E-state index in [0.717, 1.165) is 24.8 Å². The highest BCUT2D eigenvalue weighted by Crippen LogP contribution is 2.43. The number of piperazine rings is 1. The molecule has 232 valence electrons. The number of carbonyl (C=O) groups is 3. The third-order valence-electron chi connectivity index (χ3n) is 10.5. The van der Waals surface area contributed by atoms with Crippen molar-refractivity contribution in [2.45, 2.75) is 96.6 Å². The van der Waals surface area contributed by atoms with Crippen molar-refractivity contribution in [3.8, 4) is 0 Å². The Hall–Kier alpha value is -2.88. The first-order chi connectivity index (χ1) is 19.9. The summed E-state index contributed by atoms with van der Waals surface area (Å²) in [6.07, 6.45) is 9.97. The maximum Gasteiger partial charge on any atom is 0.407 e. The van der Waals surface area contributed by atoms with Gasteiger partial charge in [-0.25, -0.2) is 4.79 Å². The van der Waals surface area contributed by atoms with Crippen LogP contribution in [0.3, 0.4) is 0 Å². The number of aliphatic hydroxyl groups is 1. The molecule has 2 aliphatic heterocycles. The number of carboxylic acid groups (broad SMARTS) is 1. The zero-order chi connectivity index (χ0) is 30.2. The van der Waals surface area contributed by atoms with Crippen LogP contribution in [-0.2, 0) is 11.3 Å². The van der Waals surface area contributed by atoms with Crippen molar-refractivity contribution in [2.75, 3.05) is 39.3 Å². The Balaban J connectivity index is 1.30. The van der Waals surface area contributed by atoms with Crippen LogP contribution < -0.4 is 5.56 Å². The topological polar surface area (TPSA) is 123 Å². The predicted molar refractivity (Wildman–Crippen MR) is 158 cm³/mol. The number of aromatic nitrogens is 1. The van der Waals surface area contributed by atoms with Crippen molar-refractivity contribution >= 4 is 17.9 Å². The van der Waals surface area contributed by atoms with Gasteiger partial charge in [-0.2, -0.15) is 0 Å². The molecule has 2 atom stereocenters. The van der Waals surface area contributed by atoms with E-state index < -0.39 is 17.1 Å². The van der Waals surface area contributed by atoms with Crippen LogP contribution in [0.4, 0.5) is 4.79 Å². The zero-order valence-electron chi connectivity index (χ0n) is 25.5. The Kier molecular flexibility index (Phi) is 8.75. The van der Waals surface area contributed by atoms with Gasteiger partial charge in [-0.1, -0.05) is 52.9 Å². The van der Waals surface area contributed by atoms with Gasteiger partial charge in [0.05, 0.1) is 17.7 Å². The van der Waals surface area contributed by atoms with E-state index in [0.29, 0.717) is 44.1 Å². The number of amides is 3. The Morgan fingerprint density at radius 3 is 2.19 bits per heavy atom. The van der Waals surface area contributed by atoms with Gasteiger partial charge in [-0.05, 0) is 43.1 Å². The van der Waals surface area contributed by atoms with Crippen molar-refractivity contribution in [1.29, 1.82) is 0 Å². The van der Waals surface area contributed by atoms with E-state index in [2.05, 4.69) is 0 Å². The van der Waals surface area contributed by atoms with Crippen LogP contribution in [0.25, 0.3) is 0 Å². The molecule has 1 aromatic heterocycles. The van der Waals surface area contributed by atoms with Crippen LogP contribution in [0.2, 0.25) is 0 Å². The molecule has 2 unspecified atom stereocenters. The molecule has 2 N–H and O–H groups in total. The number of likely N-dealkylation sites (tertiary alicyclic amines) is 1. The molecule has 5 rings (SSSR count). The van der Waals surface area contributed by atoms with E-state index in [-0.39, 0.29) is 48.8 Å². The van der Waals surface area contributed by atoms with Crippen molar-refractivity contribution in [3.63, 3.8) is 0 Å². The Morgan fingerprint density at radius 1 is 0.952 bits per heavy atom. The van der Waals surface area contributed by atoms with Crippen molar-refractivity contribution in [1.82, 2.24) is 19.3 Å². The van der Waals surface area contributed by atoms with Gasteiger partial charge in [0, 0.05) is 62.9 Å². The molecule has 0 aromatic carbocycles. The lowest BCUT2D eigenvalue weighted by atomic mass is 9.69. The molecule has 0 bridgehead atoms. The lowest BCUT2D eigenvalue weighted by Gasteiger charge is -2.51. The number of piperidine rings is 1. The van der Waals surface area contributed by atoms with Gasteiger partial charge in [-0.3, -0.25) is 14.4 Å². The Morgan fingerprint density at radius 2 is 1.60 bits per heavy atom. The molecule has 3 heterocycles. The van der Waals surface area contributed by atoms with Crippen LogP contribution in [-0.4, -0.2) is 92.3 Å². The first kappa shape index (κ1) is 30.6. The summed E-state index contributed by atoms with van der Waals surface area (Å²) in [5.74, 6) is 0.706. The summed E-state index contributed by atoms with van der Waals surface area (Å²) in [7, 11) is 0. The number of pyridine rings is 1. The highest BCUT2D eigenvalue weighted by molar-refractivity contribution is 5.96. The molecule has 2 saturated heterocycles. The second-order valence-electron chi connectivity index (χ2n) is 14.0. The maximum absolute atomic E-state index is 13.7. The van der Waals surface area contributed by atoms with Crippen molar-refractivity contribution in [3.05, 3.63) is 33.7 Å². The standard InChI is InChI=1S/C32H48N4O6/c1-22(17-23-7-5-4-6-8-23)28(38)35-12-11-32(42,31(2,3)20-35)21-36-19-26(25(18-27(36)37)24-9-10-24)29(39)33-13-15-34(16-14-33)30(40)41/h18-19,22-24,42H,4-17,20-21H2,1-3H3,(H,40,41). The highest BCUT2D eigenvalue weighted by atomic mass is 16.4. The molecular weight excluding hydrogens is 536 g/mol. The molecule has 42 heavy (non-hydrogen) atoms. The minimum atomic E-state index is -1.24. The summed E-state index contributed by atoms with van der Waals surface area (Å²) in [5.41, 5.74) is -0.938. The summed E-state index contributed by atoms with van der Waals surface area (Å²) in [4.78, 5) is 56.6. The minimum absolute atomic E-state index is 0.0382. The maximum atomic E-state index is 13.7. The largest absolute Gasteiger partial charge is 0.465 e. The van der Waals surface area contributed by atoms with E-state index in [1.54, 1.807) is 17.2 Å². The molecule has 3 amide bonds. The number of nitrogens with zero attached hydrogens (tertiary/aromatic N) is 4. The number of hydrogen-bond donors (Lipinski definition) is 2. The van der Waals surface area contributed by atoms with Crippen LogP contribution in [0, 0.1) is 17.3 Å². The van der Waals surface area contributed by atoms with E-state index in [9.17, 15) is 29.4 Å². The average Bonchev–Trinajstić information content (AvgIpc) is 3.81. The first-order valence-corrected chi connectivity index (χ1v) is 15.9. The molecule has 2 saturated carbocycles. The summed E-state index contributed by atoms with van der Waals surface area (Å²) in [5, 5.41) is 21.2. The SMILES string of the molecule is CC(CC1CCCCC1)C(=O)N1CCC(O)(Cn2cc(C(=O)N3CCN(C(=O)O)CC3)c(C3CC3)cc2=O)C(C)(C)C1. The fourth-order valence-corrected chi connectivity index (χ4v) is 7.35. The minimum Gasteiger partial charge on any atom is -0.465 e. The molecule has 10 heteroatoms. The third kappa shape index (κ3) is 6.38. The first-order valence-electron chi connectivity index (χ1n) is 15.9. The van der Waals surface area contributed by atoms with Gasteiger partial charge in [0.15, 0.2) is 0 Å². The summed E-state index contributed by atoms with van der Waals surface area (Å²) < 4.78 is 1.47. The van der Waals surface area contributed by atoms with Crippen LogP contribution in [0.5, 0.6) is 0 Å². The van der Waals surface area contributed by atoms with Crippen LogP contribution in [0.15, 0.2) is 17.1 Å². The monoisotopic (exact) mass is 584 g/mol. The van der Waals surface area contributed by atoms with E-state index in [1.807, 2.05) is 25.7 Å². The summed E-state index contributed by atoms with van der Waals surface area (Å²) in [6.45, 7) is 7.93. The fourth-order valence-electron chi connectivity index (χ4n) is 7.35. The van der Waals surface area contributed by atoms with E-state index in [1.165, 1.54) is 41.6 Å². The van der Waals surface area contributed by atoms with Crippen LogP contribution in [0.1, 0.15) is 100 Å². The Labute approximate surface area is 248 Å². The molecule has 1 aromatic rings. The summed E-state index contributed by atoms with van der Waals surface area (Å²) >= 11 is 0. The Bertz CT molecular complexity index is 1240. The quantitative estimate of drug-likeness (QED) is 0.503. The van der Waals surface area contributed by atoms with Gasteiger partial charge >= 0.3 is 6.09 Å². The molecule has 0 radical (unpaired) electrons. The van der Waals surface area contributed by atoms with Crippen molar-refractivity contribution < 1.29 is 24.6 Å². The molecule has 4 aliphatic rings. The highest BCUT2D eigenvalue weighted by Gasteiger charge is 2.49. The van der Waals surface area contributed by atoms with Crippen molar-refractivity contribution in [2.24, 2.45) is 17.3 Å². The second-order valence-corrected chi connectivity index (χ2v) is 14.0. The van der Waals surface area contributed by atoms with Gasteiger partial charge < -0.3 is 29.5 Å². The van der Waals surface area contributed by atoms with Gasteiger partial charge in [0.1, 0.15) is 0 Å². The van der Waals surface area contributed by atoms with Gasteiger partial charge in [0.2, 0.25) is 5.91 Å². The normalized spacial score (nSPS) is 25.8. The molecule has 0 spiro atoms. The molecule has 10 nitrogen and oxygen atoms in total. The number of carbonyl (C=O) groups excluding carboxylic acids is 2. The lowest BCUT2D eigenvalue weighted by molar-refractivity contribution is -0.157. The summed E-state index contributed by atoms with van der Waals surface area (Å²) in [6, 6.07) is 1.56. The molecule has 2 aliphatic carbocycles. The van der Waals surface area contributed by atoms with E-state index >= 15 is 0 Å². The lowest BCUT2D eigenvalue weighted by Crippen LogP contribution is -2.61.